The van der Waals surface area contributed by atoms with Crippen molar-refractivity contribution < 1.29 is 14.4 Å². The van der Waals surface area contributed by atoms with Gasteiger partial charge >= 0.3 is 0 Å². The van der Waals surface area contributed by atoms with Gasteiger partial charge in [-0.3, -0.25) is 0 Å². The Balaban J connectivity index is 2.03. The molecule has 0 atom stereocenters. The van der Waals surface area contributed by atoms with Crippen LogP contribution in [0.15, 0.2) is 24.5 Å². The van der Waals surface area contributed by atoms with E-state index in [-0.39, 0.29) is 5.75 Å². The zero-order valence-electron chi connectivity index (χ0n) is 10.1. The topological polar surface area (TPSA) is 33.3 Å². The highest BCUT2D eigenvalue weighted by Gasteiger charge is 2.00. The van der Waals surface area contributed by atoms with Crippen molar-refractivity contribution in [2.24, 2.45) is 0 Å². The average molecular weight is 224 g/mol. The number of aromatic hydroxyl groups is 1. The minimum atomic E-state index is 0.272. The third-order valence-corrected chi connectivity index (χ3v) is 2.48. The molecule has 90 valence electrons. The van der Waals surface area contributed by atoms with Gasteiger partial charge in [0.15, 0.2) is 11.9 Å². The molecule has 0 aliphatic rings. The van der Waals surface area contributed by atoms with Crippen LogP contribution in [-0.4, -0.2) is 11.7 Å². The largest absolute Gasteiger partial charge is 0.503 e. The van der Waals surface area contributed by atoms with E-state index in [1.165, 1.54) is 25.7 Å². The van der Waals surface area contributed by atoms with Crippen LogP contribution in [0.25, 0.3) is 0 Å². The Morgan fingerprint density at radius 3 is 2.81 bits per heavy atom. The van der Waals surface area contributed by atoms with Gasteiger partial charge in [0, 0.05) is 6.07 Å². The number of unbranched alkanes of at least 4 members (excludes halogenated alkanes) is 4. The number of hydrogen-bond acceptors (Lipinski definition) is 2. The summed E-state index contributed by atoms with van der Waals surface area (Å²) < 4.78 is 7.34. The van der Waals surface area contributed by atoms with Crippen molar-refractivity contribution >= 4 is 0 Å². The monoisotopic (exact) mass is 224 g/mol. The van der Waals surface area contributed by atoms with Gasteiger partial charge in [0.05, 0.1) is 6.61 Å². The summed E-state index contributed by atoms with van der Waals surface area (Å²) in [5, 5.41) is 9.24. The first-order valence-corrected chi connectivity index (χ1v) is 6.08. The molecule has 0 aromatic carbocycles. The Labute approximate surface area is 97.7 Å². The Kier molecular flexibility index (Phi) is 6.58. The van der Waals surface area contributed by atoms with Gasteiger partial charge in [-0.2, -0.15) is 4.57 Å². The van der Waals surface area contributed by atoms with Gasteiger partial charge in [0.25, 0.3) is 6.73 Å². The summed E-state index contributed by atoms with van der Waals surface area (Å²) >= 11 is 0. The SMILES string of the molecule is CCCCCCCOC[n+]1cccc(O)c1. The maximum atomic E-state index is 9.24. The van der Waals surface area contributed by atoms with E-state index in [9.17, 15) is 5.11 Å². The second-order valence-corrected chi connectivity index (χ2v) is 4.03. The fourth-order valence-electron chi connectivity index (χ4n) is 1.57. The van der Waals surface area contributed by atoms with Crippen molar-refractivity contribution in [3.63, 3.8) is 0 Å². The van der Waals surface area contributed by atoms with E-state index in [0.717, 1.165) is 13.0 Å². The molecule has 3 nitrogen and oxygen atoms in total. The van der Waals surface area contributed by atoms with E-state index in [0.29, 0.717) is 6.73 Å². The standard InChI is InChI=1S/C13H21NO2/c1-2-3-4-5-6-10-16-12-14-9-7-8-13(15)11-14/h7-9,11H,2-6,10,12H2,1H3/p+1. The lowest BCUT2D eigenvalue weighted by atomic mass is 10.2. The first kappa shape index (κ1) is 13.0. The fraction of sp³-hybridized carbons (Fsp3) is 0.615. The van der Waals surface area contributed by atoms with Gasteiger partial charge in [-0.1, -0.05) is 32.6 Å². The first-order chi connectivity index (χ1) is 7.83. The highest BCUT2D eigenvalue weighted by molar-refractivity contribution is 5.09. The van der Waals surface area contributed by atoms with E-state index in [1.54, 1.807) is 18.3 Å². The van der Waals surface area contributed by atoms with Crippen molar-refractivity contribution in [3.8, 4) is 5.75 Å². The summed E-state index contributed by atoms with van der Waals surface area (Å²) in [4.78, 5) is 0. The van der Waals surface area contributed by atoms with Crippen LogP contribution in [0.1, 0.15) is 39.0 Å². The Hall–Kier alpha value is -1.09. The number of hydrogen-bond donors (Lipinski definition) is 1. The molecule has 0 saturated heterocycles. The van der Waals surface area contributed by atoms with Crippen LogP contribution >= 0.6 is 0 Å². The number of nitrogens with zero attached hydrogens (tertiary/aromatic N) is 1. The third-order valence-electron chi connectivity index (χ3n) is 2.48. The molecule has 0 unspecified atom stereocenters. The number of ether oxygens (including phenoxy) is 1. The average Bonchev–Trinajstić information content (AvgIpc) is 2.28. The molecule has 1 N–H and O–H groups in total. The second kappa shape index (κ2) is 8.11. The lowest BCUT2D eigenvalue weighted by molar-refractivity contribution is -0.733. The van der Waals surface area contributed by atoms with Crippen LogP contribution in [0.3, 0.4) is 0 Å². The zero-order valence-corrected chi connectivity index (χ0v) is 10.1. The summed E-state index contributed by atoms with van der Waals surface area (Å²) in [5.74, 6) is 0.272. The van der Waals surface area contributed by atoms with Crippen LogP contribution in [0.5, 0.6) is 5.75 Å². The predicted molar refractivity (Wildman–Crippen MR) is 63.0 cm³/mol. The molecule has 1 rings (SSSR count). The van der Waals surface area contributed by atoms with E-state index >= 15 is 0 Å². The molecule has 3 heteroatoms. The minimum Gasteiger partial charge on any atom is -0.503 e. The van der Waals surface area contributed by atoms with Gasteiger partial charge in [-0.15, -0.1) is 0 Å². The van der Waals surface area contributed by atoms with Crippen molar-refractivity contribution in [1.29, 1.82) is 0 Å². The molecule has 0 amide bonds. The fourth-order valence-corrected chi connectivity index (χ4v) is 1.57. The quantitative estimate of drug-likeness (QED) is 0.544. The Morgan fingerprint density at radius 2 is 2.06 bits per heavy atom. The molecule has 16 heavy (non-hydrogen) atoms. The van der Waals surface area contributed by atoms with Gasteiger partial charge in [0.2, 0.25) is 6.20 Å². The van der Waals surface area contributed by atoms with Crippen LogP contribution in [-0.2, 0) is 11.5 Å². The normalized spacial score (nSPS) is 10.6. The lowest BCUT2D eigenvalue weighted by Gasteiger charge is -2.01. The van der Waals surface area contributed by atoms with Crippen LogP contribution in [0.2, 0.25) is 0 Å². The number of pyridine rings is 1. The van der Waals surface area contributed by atoms with Crippen LogP contribution in [0.4, 0.5) is 0 Å². The van der Waals surface area contributed by atoms with Crippen molar-refractivity contribution in [3.05, 3.63) is 24.5 Å². The third kappa shape index (κ3) is 5.71. The highest BCUT2D eigenvalue weighted by Crippen LogP contribution is 2.03. The van der Waals surface area contributed by atoms with E-state index in [2.05, 4.69) is 6.92 Å². The van der Waals surface area contributed by atoms with Gasteiger partial charge < -0.3 is 9.84 Å². The van der Waals surface area contributed by atoms with Crippen molar-refractivity contribution in [2.45, 2.75) is 45.8 Å². The van der Waals surface area contributed by atoms with Gasteiger partial charge in [-0.25, -0.2) is 0 Å². The summed E-state index contributed by atoms with van der Waals surface area (Å²) in [6, 6.07) is 3.46. The van der Waals surface area contributed by atoms with Crippen LogP contribution in [0, 0.1) is 0 Å². The van der Waals surface area contributed by atoms with Gasteiger partial charge in [0.1, 0.15) is 0 Å². The Morgan fingerprint density at radius 1 is 1.25 bits per heavy atom. The van der Waals surface area contributed by atoms with E-state index in [4.69, 9.17) is 4.74 Å². The molecule has 1 aromatic rings. The lowest BCUT2D eigenvalue weighted by Crippen LogP contribution is -2.34. The minimum absolute atomic E-state index is 0.272. The van der Waals surface area contributed by atoms with Crippen molar-refractivity contribution in [1.82, 2.24) is 0 Å². The van der Waals surface area contributed by atoms with Gasteiger partial charge in [-0.05, 0) is 12.5 Å². The molecule has 0 aliphatic carbocycles. The van der Waals surface area contributed by atoms with Crippen LogP contribution < -0.4 is 4.57 Å². The summed E-state index contributed by atoms with van der Waals surface area (Å²) in [7, 11) is 0. The summed E-state index contributed by atoms with van der Waals surface area (Å²) in [6.45, 7) is 3.53. The highest BCUT2D eigenvalue weighted by atomic mass is 16.5. The molecule has 0 bridgehead atoms. The molecular weight excluding hydrogens is 202 g/mol. The zero-order chi connectivity index (χ0) is 11.6. The molecule has 0 saturated carbocycles. The number of rotatable bonds is 8. The van der Waals surface area contributed by atoms with E-state index < -0.39 is 0 Å². The summed E-state index contributed by atoms with van der Waals surface area (Å²) in [6.07, 6.45) is 9.83. The molecule has 0 aliphatic heterocycles. The second-order valence-electron chi connectivity index (χ2n) is 4.03. The van der Waals surface area contributed by atoms with E-state index in [1.807, 2.05) is 10.8 Å². The smallest absolute Gasteiger partial charge is 0.252 e. The maximum absolute atomic E-state index is 9.24. The summed E-state index contributed by atoms with van der Waals surface area (Å²) in [5.41, 5.74) is 0. The number of aromatic nitrogens is 1. The molecule has 1 heterocycles. The van der Waals surface area contributed by atoms with Crippen molar-refractivity contribution in [2.75, 3.05) is 6.61 Å². The molecule has 0 spiro atoms. The first-order valence-electron chi connectivity index (χ1n) is 6.08. The Bertz CT molecular complexity index is 289. The molecular formula is C13H22NO2+. The predicted octanol–water partition coefficient (Wildman–Crippen LogP) is 2.62. The molecule has 0 radical (unpaired) electrons. The maximum Gasteiger partial charge on any atom is 0.252 e. The molecule has 1 aromatic heterocycles. The molecule has 0 fully saturated rings.